The highest BCUT2D eigenvalue weighted by atomic mass is 35.5. The maximum Gasteiger partial charge on any atom is 0.224 e. The van der Waals surface area contributed by atoms with Crippen LogP contribution in [0.2, 0.25) is 5.02 Å². The number of ether oxygens (including phenoxy) is 1. The molecule has 1 saturated carbocycles. The number of hydrogen-bond acceptors (Lipinski definition) is 6. The molecule has 3 aromatic rings. The second-order valence-electron chi connectivity index (χ2n) is 10.5. The molecule has 1 heterocycles. The first kappa shape index (κ1) is 33.1. The standard InChI is InChI=1S/C15H11ClFN3O2.C9H19NO.C7H14/c1-22-13-6-11-8(5-12(13)21)15(19-7-18-11)20-10-4-2-3-9(16)14(10)17;1-5-6-7-8(2)9(11)10(3)4;1-7-5-3-2-4-6-7/h2-7,21H,1H3,(H,18,19,20);8H,5-7H2,1-4H3;7H,2-6H2,1H3/t;8-;/m.0./s1. The Morgan fingerprint density at radius 3 is 2.50 bits per heavy atom. The van der Waals surface area contributed by atoms with Gasteiger partial charge in [0, 0.05) is 31.5 Å². The Bertz CT molecular complexity index is 1220. The molecule has 0 spiro atoms. The topological polar surface area (TPSA) is 87.6 Å². The number of aromatic hydroxyl groups is 1. The number of phenolic OH excluding ortho intramolecular Hbond substituents is 1. The molecular weight excluding hydrogens is 531 g/mol. The van der Waals surface area contributed by atoms with Crippen LogP contribution in [0.15, 0.2) is 36.7 Å². The molecule has 1 aromatic heterocycles. The van der Waals surface area contributed by atoms with Crippen molar-refractivity contribution in [3.8, 4) is 11.5 Å². The van der Waals surface area contributed by atoms with Gasteiger partial charge >= 0.3 is 0 Å². The Hall–Kier alpha value is -3.13. The van der Waals surface area contributed by atoms with E-state index >= 15 is 0 Å². The van der Waals surface area contributed by atoms with Gasteiger partial charge in [-0.3, -0.25) is 4.79 Å². The van der Waals surface area contributed by atoms with Crippen molar-refractivity contribution in [1.29, 1.82) is 0 Å². The molecule has 2 aromatic carbocycles. The Morgan fingerprint density at radius 1 is 1.23 bits per heavy atom. The molecule has 0 saturated heterocycles. The Labute approximate surface area is 243 Å². The summed E-state index contributed by atoms with van der Waals surface area (Å²) in [6.07, 6.45) is 12.1. The van der Waals surface area contributed by atoms with Crippen LogP contribution >= 0.6 is 11.6 Å². The lowest BCUT2D eigenvalue weighted by Crippen LogP contribution is -2.27. The van der Waals surface area contributed by atoms with E-state index in [1.165, 1.54) is 64.1 Å². The summed E-state index contributed by atoms with van der Waals surface area (Å²) in [5.41, 5.74) is 0.734. The average molecular weight is 575 g/mol. The molecule has 220 valence electrons. The van der Waals surface area contributed by atoms with E-state index in [9.17, 15) is 14.3 Å². The fourth-order valence-electron chi connectivity index (χ4n) is 4.44. The highest BCUT2D eigenvalue weighted by molar-refractivity contribution is 6.31. The summed E-state index contributed by atoms with van der Waals surface area (Å²) in [5, 5.41) is 13.3. The second kappa shape index (κ2) is 16.9. The smallest absolute Gasteiger partial charge is 0.224 e. The summed E-state index contributed by atoms with van der Waals surface area (Å²) in [6, 6.07) is 7.65. The van der Waals surface area contributed by atoms with Crippen molar-refractivity contribution in [2.24, 2.45) is 11.8 Å². The van der Waals surface area contributed by atoms with Gasteiger partial charge in [-0.15, -0.1) is 0 Å². The van der Waals surface area contributed by atoms with Crippen molar-refractivity contribution in [2.75, 3.05) is 26.5 Å². The zero-order valence-electron chi connectivity index (χ0n) is 24.6. The van der Waals surface area contributed by atoms with Gasteiger partial charge in [0.15, 0.2) is 17.3 Å². The lowest BCUT2D eigenvalue weighted by atomic mass is 9.91. The van der Waals surface area contributed by atoms with E-state index in [1.807, 2.05) is 21.0 Å². The zero-order valence-corrected chi connectivity index (χ0v) is 25.4. The minimum Gasteiger partial charge on any atom is -0.504 e. The number of nitrogens with zero attached hydrogens (tertiary/aromatic N) is 3. The van der Waals surface area contributed by atoms with E-state index in [2.05, 4.69) is 29.1 Å². The SMILES string of the molecule is CC1CCCCC1.CCCC[C@H](C)C(=O)N(C)C.COc1cc2ncnc(Nc3cccc(Cl)c3F)c2cc1O. The number of aromatic nitrogens is 2. The van der Waals surface area contributed by atoms with Crippen molar-refractivity contribution < 1.29 is 19.0 Å². The number of carbonyl (C=O) groups is 1. The van der Waals surface area contributed by atoms with Gasteiger partial charge in [-0.2, -0.15) is 0 Å². The average Bonchev–Trinajstić information content (AvgIpc) is 2.94. The number of carbonyl (C=O) groups excluding carboxylic acids is 1. The number of phenols is 1. The van der Waals surface area contributed by atoms with Gasteiger partial charge in [0.05, 0.1) is 23.3 Å². The van der Waals surface area contributed by atoms with Gasteiger partial charge in [0.2, 0.25) is 5.91 Å². The van der Waals surface area contributed by atoms with E-state index in [4.69, 9.17) is 16.3 Å². The largest absolute Gasteiger partial charge is 0.504 e. The maximum atomic E-state index is 14.0. The monoisotopic (exact) mass is 574 g/mol. The van der Waals surface area contributed by atoms with Gasteiger partial charge in [-0.1, -0.05) is 83.4 Å². The molecule has 1 aliphatic carbocycles. The quantitative estimate of drug-likeness (QED) is 0.295. The third-order valence-electron chi connectivity index (χ3n) is 6.89. The van der Waals surface area contributed by atoms with E-state index in [0.717, 1.165) is 18.8 Å². The number of fused-ring (bicyclic) bond motifs is 1. The number of benzene rings is 2. The van der Waals surface area contributed by atoms with E-state index in [1.54, 1.807) is 23.1 Å². The maximum absolute atomic E-state index is 14.0. The van der Waals surface area contributed by atoms with Crippen LogP contribution in [0.25, 0.3) is 10.9 Å². The number of anilines is 2. The van der Waals surface area contributed by atoms with Crippen molar-refractivity contribution in [2.45, 2.75) is 72.1 Å². The fourth-order valence-corrected chi connectivity index (χ4v) is 4.62. The molecule has 0 unspecified atom stereocenters. The van der Waals surface area contributed by atoms with Gasteiger partial charge in [0.1, 0.15) is 12.1 Å². The van der Waals surface area contributed by atoms with Gasteiger partial charge in [-0.05, 0) is 30.5 Å². The van der Waals surface area contributed by atoms with Crippen LogP contribution < -0.4 is 10.1 Å². The normalized spacial score (nSPS) is 13.8. The summed E-state index contributed by atoms with van der Waals surface area (Å²) in [7, 11) is 5.07. The summed E-state index contributed by atoms with van der Waals surface area (Å²) < 4.78 is 19.0. The molecule has 4 rings (SSSR count). The van der Waals surface area contributed by atoms with Crippen LogP contribution in [0, 0.1) is 17.7 Å². The molecule has 40 heavy (non-hydrogen) atoms. The van der Waals surface area contributed by atoms with Crippen LogP contribution in [-0.2, 0) is 4.79 Å². The summed E-state index contributed by atoms with van der Waals surface area (Å²) >= 11 is 5.76. The third-order valence-corrected chi connectivity index (χ3v) is 7.18. The molecule has 7 nitrogen and oxygen atoms in total. The molecule has 1 atom stereocenters. The first-order chi connectivity index (χ1) is 19.1. The first-order valence-corrected chi connectivity index (χ1v) is 14.4. The Kier molecular flexibility index (Phi) is 13.9. The Balaban J connectivity index is 0.000000258. The number of rotatable bonds is 7. The summed E-state index contributed by atoms with van der Waals surface area (Å²) in [5.74, 6) is 1.50. The van der Waals surface area contributed by atoms with E-state index in [0.29, 0.717) is 22.5 Å². The van der Waals surface area contributed by atoms with Crippen LogP contribution in [-0.4, -0.2) is 47.1 Å². The molecule has 9 heteroatoms. The second-order valence-corrected chi connectivity index (χ2v) is 10.9. The number of hydrogen-bond donors (Lipinski definition) is 2. The van der Waals surface area contributed by atoms with Crippen molar-refractivity contribution >= 4 is 39.9 Å². The summed E-state index contributed by atoms with van der Waals surface area (Å²) in [4.78, 5) is 21.1. The molecule has 0 radical (unpaired) electrons. The van der Waals surface area contributed by atoms with Crippen LogP contribution in [0.1, 0.15) is 72.1 Å². The van der Waals surface area contributed by atoms with Crippen LogP contribution in [0.3, 0.4) is 0 Å². The van der Waals surface area contributed by atoms with Crippen molar-refractivity contribution in [1.82, 2.24) is 14.9 Å². The van der Waals surface area contributed by atoms with E-state index in [-0.39, 0.29) is 28.3 Å². The minimum atomic E-state index is -0.575. The molecule has 1 amide bonds. The first-order valence-electron chi connectivity index (χ1n) is 14.0. The van der Waals surface area contributed by atoms with Gasteiger partial charge in [0.25, 0.3) is 0 Å². The van der Waals surface area contributed by atoms with Crippen molar-refractivity contribution in [3.05, 3.63) is 47.5 Å². The molecule has 2 N–H and O–H groups in total. The molecular formula is C31H44ClFN4O3. The summed E-state index contributed by atoms with van der Waals surface area (Å²) in [6.45, 7) is 6.50. The highest BCUT2D eigenvalue weighted by Crippen LogP contribution is 2.34. The number of amides is 1. The number of nitrogens with one attached hydrogen (secondary N) is 1. The number of halogens is 2. The lowest BCUT2D eigenvalue weighted by Gasteiger charge is -2.15. The fraction of sp³-hybridized carbons (Fsp3) is 0.516. The zero-order chi connectivity index (χ0) is 29.7. The number of methoxy groups -OCH3 is 1. The predicted molar refractivity (Wildman–Crippen MR) is 162 cm³/mol. The minimum absolute atomic E-state index is 0.00729. The molecule has 1 aliphatic rings. The van der Waals surface area contributed by atoms with Crippen LogP contribution in [0.5, 0.6) is 11.5 Å². The number of unbranched alkanes of at least 4 members (excludes halogenated alkanes) is 1. The molecule has 0 aliphatic heterocycles. The predicted octanol–water partition coefficient (Wildman–Crippen LogP) is 8.37. The van der Waals surface area contributed by atoms with Gasteiger partial charge in [-0.25, -0.2) is 14.4 Å². The highest BCUT2D eigenvalue weighted by Gasteiger charge is 2.14. The lowest BCUT2D eigenvalue weighted by molar-refractivity contribution is -0.132. The van der Waals surface area contributed by atoms with Crippen LogP contribution in [0.4, 0.5) is 15.9 Å². The van der Waals surface area contributed by atoms with Crippen molar-refractivity contribution in [3.63, 3.8) is 0 Å². The molecule has 0 bridgehead atoms. The van der Waals surface area contributed by atoms with E-state index < -0.39 is 5.82 Å². The van der Waals surface area contributed by atoms with Gasteiger partial charge < -0.3 is 20.1 Å². The Morgan fingerprint density at radius 2 is 1.93 bits per heavy atom. The third kappa shape index (κ3) is 10.1. The molecule has 1 fully saturated rings.